The second-order valence-electron chi connectivity index (χ2n) is 5.24. The first-order valence-corrected chi connectivity index (χ1v) is 7.08. The van der Waals surface area contributed by atoms with Gasteiger partial charge in [0.15, 0.2) is 11.5 Å². The molecule has 23 heavy (non-hydrogen) atoms. The Labute approximate surface area is 133 Å². The number of hydrogen-bond donors (Lipinski definition) is 2. The van der Waals surface area contributed by atoms with E-state index in [1.54, 1.807) is 12.1 Å². The number of halogens is 2. The van der Waals surface area contributed by atoms with Crippen LogP contribution in [0.2, 0.25) is 0 Å². The average molecular weight is 330 g/mol. The van der Waals surface area contributed by atoms with Gasteiger partial charge in [-0.15, -0.1) is 0 Å². The van der Waals surface area contributed by atoms with Crippen molar-refractivity contribution in [2.24, 2.45) is 0 Å². The summed E-state index contributed by atoms with van der Waals surface area (Å²) in [6.45, 7) is -0.311. The first-order chi connectivity index (χ1) is 10.9. The van der Waals surface area contributed by atoms with Crippen molar-refractivity contribution < 1.29 is 27.8 Å². The van der Waals surface area contributed by atoms with E-state index in [2.05, 4.69) is 10.6 Å². The van der Waals surface area contributed by atoms with Gasteiger partial charge in [0.05, 0.1) is 33.9 Å². The Morgan fingerprint density at radius 3 is 2.30 bits per heavy atom. The van der Waals surface area contributed by atoms with Crippen LogP contribution < -0.4 is 24.8 Å². The molecule has 1 saturated heterocycles. The second kappa shape index (κ2) is 6.99. The van der Waals surface area contributed by atoms with Crippen molar-refractivity contribution in [2.75, 3.05) is 27.9 Å². The highest BCUT2D eigenvalue weighted by atomic mass is 19.3. The van der Waals surface area contributed by atoms with Crippen molar-refractivity contribution in [2.45, 2.75) is 24.9 Å². The van der Waals surface area contributed by atoms with Crippen LogP contribution in [0.5, 0.6) is 17.2 Å². The van der Waals surface area contributed by atoms with Gasteiger partial charge in [-0.05, 0) is 17.7 Å². The number of nitrogens with one attached hydrogen (secondary N) is 2. The van der Waals surface area contributed by atoms with E-state index in [0.29, 0.717) is 22.8 Å². The van der Waals surface area contributed by atoms with E-state index in [1.165, 1.54) is 21.3 Å². The standard InChI is InChI=1S/C15H20F2N2O4/c1-21-11-4-9(5-12(22-2)13(11)23-3)7-18-14(20)10-6-15(16,17)8-19-10/h4-5,10,19H,6-8H2,1-3H3,(H,18,20). The first-order valence-electron chi connectivity index (χ1n) is 7.08. The lowest BCUT2D eigenvalue weighted by Crippen LogP contribution is -2.40. The fraction of sp³-hybridized carbons (Fsp3) is 0.533. The fourth-order valence-electron chi connectivity index (χ4n) is 2.45. The van der Waals surface area contributed by atoms with Gasteiger partial charge in [-0.25, -0.2) is 8.78 Å². The van der Waals surface area contributed by atoms with Crippen LogP contribution in [0, 0.1) is 0 Å². The topological polar surface area (TPSA) is 68.8 Å². The van der Waals surface area contributed by atoms with E-state index in [9.17, 15) is 13.6 Å². The number of hydrogen-bond acceptors (Lipinski definition) is 5. The van der Waals surface area contributed by atoms with E-state index in [4.69, 9.17) is 14.2 Å². The fourth-order valence-corrected chi connectivity index (χ4v) is 2.45. The van der Waals surface area contributed by atoms with Gasteiger partial charge >= 0.3 is 0 Å². The molecule has 1 fully saturated rings. The van der Waals surface area contributed by atoms with Gasteiger partial charge in [-0.2, -0.15) is 0 Å². The molecule has 1 amide bonds. The molecule has 1 aliphatic rings. The molecule has 1 unspecified atom stereocenters. The molecule has 0 radical (unpaired) electrons. The maximum atomic E-state index is 13.1. The first kappa shape index (κ1) is 17.3. The van der Waals surface area contributed by atoms with Gasteiger partial charge in [-0.1, -0.05) is 0 Å². The second-order valence-corrected chi connectivity index (χ2v) is 5.24. The van der Waals surface area contributed by atoms with Gasteiger partial charge in [-0.3, -0.25) is 10.1 Å². The molecule has 0 aliphatic carbocycles. The molecular weight excluding hydrogens is 310 g/mol. The van der Waals surface area contributed by atoms with Gasteiger partial charge in [0.25, 0.3) is 5.92 Å². The van der Waals surface area contributed by atoms with E-state index < -0.39 is 30.8 Å². The summed E-state index contributed by atoms with van der Waals surface area (Å²) in [7, 11) is 4.47. The van der Waals surface area contributed by atoms with Crippen LogP contribution in [0.3, 0.4) is 0 Å². The van der Waals surface area contributed by atoms with Crippen LogP contribution in [-0.4, -0.2) is 45.7 Å². The number of methoxy groups -OCH3 is 3. The number of carbonyl (C=O) groups excluding carboxylic acids is 1. The van der Waals surface area contributed by atoms with Crippen LogP contribution in [0.15, 0.2) is 12.1 Å². The Bertz CT molecular complexity index is 556. The van der Waals surface area contributed by atoms with Crippen molar-refractivity contribution in [1.82, 2.24) is 10.6 Å². The Morgan fingerprint density at radius 2 is 1.87 bits per heavy atom. The summed E-state index contributed by atoms with van der Waals surface area (Å²) in [4.78, 5) is 11.9. The zero-order valence-electron chi connectivity index (χ0n) is 13.2. The molecule has 1 heterocycles. The predicted octanol–water partition coefficient (Wildman–Crippen LogP) is 1.33. The van der Waals surface area contributed by atoms with Crippen molar-refractivity contribution in [3.8, 4) is 17.2 Å². The van der Waals surface area contributed by atoms with Crippen molar-refractivity contribution in [3.63, 3.8) is 0 Å². The van der Waals surface area contributed by atoms with E-state index in [1.807, 2.05) is 0 Å². The van der Waals surface area contributed by atoms with Crippen LogP contribution in [0.4, 0.5) is 8.78 Å². The molecular formula is C15H20F2N2O4. The summed E-state index contributed by atoms with van der Waals surface area (Å²) in [6, 6.07) is 2.50. The van der Waals surface area contributed by atoms with Crippen molar-refractivity contribution in [1.29, 1.82) is 0 Å². The Kier molecular flexibility index (Phi) is 5.25. The van der Waals surface area contributed by atoms with Gasteiger partial charge < -0.3 is 19.5 Å². The summed E-state index contributed by atoms with van der Waals surface area (Å²) in [5, 5.41) is 5.15. The Hall–Kier alpha value is -2.09. The molecule has 6 nitrogen and oxygen atoms in total. The maximum absolute atomic E-state index is 13.1. The van der Waals surface area contributed by atoms with Gasteiger partial charge in [0, 0.05) is 13.0 Å². The molecule has 0 aromatic heterocycles. The van der Waals surface area contributed by atoms with Crippen LogP contribution in [0.25, 0.3) is 0 Å². The summed E-state index contributed by atoms with van der Waals surface area (Å²) < 4.78 is 41.9. The van der Waals surface area contributed by atoms with Crippen LogP contribution in [-0.2, 0) is 11.3 Å². The number of benzene rings is 1. The summed E-state index contributed by atoms with van der Waals surface area (Å²) in [6.07, 6.45) is -0.492. The molecule has 1 aromatic carbocycles. The quantitative estimate of drug-likeness (QED) is 0.823. The molecule has 2 N–H and O–H groups in total. The zero-order chi connectivity index (χ0) is 17.0. The summed E-state index contributed by atoms with van der Waals surface area (Å²) in [5.74, 6) is -1.93. The van der Waals surface area contributed by atoms with Crippen LogP contribution in [0.1, 0.15) is 12.0 Å². The summed E-state index contributed by atoms with van der Waals surface area (Å²) in [5.41, 5.74) is 0.706. The number of ether oxygens (including phenoxy) is 3. The molecule has 128 valence electrons. The Balaban J connectivity index is 2.04. The van der Waals surface area contributed by atoms with Gasteiger partial charge in [0.2, 0.25) is 11.7 Å². The third-order valence-corrected chi connectivity index (χ3v) is 3.62. The van der Waals surface area contributed by atoms with Gasteiger partial charge in [0.1, 0.15) is 0 Å². The minimum atomic E-state index is -2.84. The van der Waals surface area contributed by atoms with E-state index in [-0.39, 0.29) is 6.54 Å². The number of alkyl halides is 2. The molecule has 1 aromatic rings. The minimum absolute atomic E-state index is 0.166. The van der Waals surface area contributed by atoms with Crippen LogP contribution >= 0.6 is 0 Å². The molecule has 0 spiro atoms. The molecule has 8 heteroatoms. The lowest BCUT2D eigenvalue weighted by Gasteiger charge is -2.15. The molecule has 1 aliphatic heterocycles. The zero-order valence-corrected chi connectivity index (χ0v) is 13.2. The monoisotopic (exact) mass is 330 g/mol. The highest BCUT2D eigenvalue weighted by molar-refractivity contribution is 5.82. The normalized spacial score (nSPS) is 19.3. The molecule has 0 saturated carbocycles. The number of rotatable bonds is 6. The lowest BCUT2D eigenvalue weighted by molar-refractivity contribution is -0.123. The SMILES string of the molecule is COc1cc(CNC(=O)C2CC(F)(F)CN2)cc(OC)c1OC. The maximum Gasteiger partial charge on any atom is 0.262 e. The molecule has 0 bridgehead atoms. The predicted molar refractivity (Wildman–Crippen MR) is 79.3 cm³/mol. The third-order valence-electron chi connectivity index (χ3n) is 3.62. The average Bonchev–Trinajstić information content (AvgIpc) is 2.91. The number of carbonyl (C=O) groups is 1. The lowest BCUT2D eigenvalue weighted by atomic mass is 10.1. The minimum Gasteiger partial charge on any atom is -0.493 e. The smallest absolute Gasteiger partial charge is 0.262 e. The number of amides is 1. The van der Waals surface area contributed by atoms with Crippen molar-refractivity contribution in [3.05, 3.63) is 17.7 Å². The van der Waals surface area contributed by atoms with E-state index in [0.717, 1.165) is 0 Å². The highest BCUT2D eigenvalue weighted by Gasteiger charge is 2.42. The van der Waals surface area contributed by atoms with E-state index >= 15 is 0 Å². The molecule has 2 rings (SSSR count). The highest BCUT2D eigenvalue weighted by Crippen LogP contribution is 2.38. The molecule has 1 atom stereocenters. The largest absolute Gasteiger partial charge is 0.493 e. The Morgan fingerprint density at radius 1 is 1.26 bits per heavy atom. The van der Waals surface area contributed by atoms with Crippen molar-refractivity contribution >= 4 is 5.91 Å². The summed E-state index contributed by atoms with van der Waals surface area (Å²) >= 11 is 0. The third kappa shape index (κ3) is 4.01.